The summed E-state index contributed by atoms with van der Waals surface area (Å²) in [5.41, 5.74) is 2.49. The molecule has 2 aromatic rings. The Labute approximate surface area is 287 Å². The molecule has 278 valence electrons. The van der Waals surface area contributed by atoms with Gasteiger partial charge in [-0.15, -0.1) is 0 Å². The van der Waals surface area contributed by atoms with Crippen molar-refractivity contribution in [1.82, 2.24) is 29.5 Å². The van der Waals surface area contributed by atoms with Crippen LogP contribution in [0.2, 0.25) is 0 Å². The van der Waals surface area contributed by atoms with Gasteiger partial charge in [-0.3, -0.25) is 14.4 Å². The van der Waals surface area contributed by atoms with Crippen LogP contribution >= 0.6 is 0 Å². The average molecular weight is 718 g/mol. The molecule has 1 aliphatic carbocycles. The van der Waals surface area contributed by atoms with E-state index in [1.807, 2.05) is 15.8 Å². The molecule has 0 aromatic carbocycles. The molecule has 0 spiro atoms. The van der Waals surface area contributed by atoms with Gasteiger partial charge in [0.1, 0.15) is 5.82 Å². The van der Waals surface area contributed by atoms with E-state index in [1.54, 1.807) is 18.1 Å². The fourth-order valence-corrected chi connectivity index (χ4v) is 7.41. The number of amides is 1. The summed E-state index contributed by atoms with van der Waals surface area (Å²) in [6.45, 7) is 17.2. The SMILES string of the molecule is C=CC(=O)N1CCN(C2CC(c3cc(N4CC[C@@H](c5c(C)cnn5CCOC)[C@H](C)C4)nc(C(F)(F)F)n3)C2(C)C)CC1.O=C(O)C(F)(F)F. The number of rotatable bonds is 8. The van der Waals surface area contributed by atoms with Crippen LogP contribution in [-0.4, -0.2) is 112 Å². The summed E-state index contributed by atoms with van der Waals surface area (Å²) in [7, 11) is 1.67. The largest absolute Gasteiger partial charge is 0.490 e. The monoisotopic (exact) mass is 717 g/mol. The minimum absolute atomic E-state index is 0.0659. The summed E-state index contributed by atoms with van der Waals surface area (Å²) >= 11 is 0. The lowest BCUT2D eigenvalue weighted by Crippen LogP contribution is -2.62. The van der Waals surface area contributed by atoms with Crippen LogP contribution in [0.3, 0.4) is 0 Å². The van der Waals surface area contributed by atoms with Crippen LogP contribution in [0.5, 0.6) is 0 Å². The maximum Gasteiger partial charge on any atom is 0.490 e. The van der Waals surface area contributed by atoms with Crippen molar-refractivity contribution in [1.29, 1.82) is 0 Å². The molecule has 0 radical (unpaired) electrons. The molecule has 17 heteroatoms. The van der Waals surface area contributed by atoms with Crippen molar-refractivity contribution in [3.63, 3.8) is 0 Å². The van der Waals surface area contributed by atoms with Gasteiger partial charge in [0.2, 0.25) is 11.7 Å². The van der Waals surface area contributed by atoms with Crippen molar-refractivity contribution in [2.24, 2.45) is 11.3 Å². The Morgan fingerprint density at radius 3 is 2.26 bits per heavy atom. The van der Waals surface area contributed by atoms with Gasteiger partial charge in [-0.2, -0.15) is 31.4 Å². The number of carbonyl (C=O) groups is 2. The van der Waals surface area contributed by atoms with E-state index in [2.05, 4.69) is 54.2 Å². The van der Waals surface area contributed by atoms with Gasteiger partial charge in [0.05, 0.1) is 25.0 Å². The number of ether oxygens (including phenoxy) is 1. The Kier molecular flexibility index (Phi) is 11.9. The minimum Gasteiger partial charge on any atom is -0.475 e. The van der Waals surface area contributed by atoms with Crippen molar-refractivity contribution in [2.75, 3.05) is 57.9 Å². The third-order valence-electron chi connectivity index (χ3n) is 10.2. The Balaban J connectivity index is 0.000000727. The lowest BCUT2D eigenvalue weighted by molar-refractivity contribution is -0.192. The minimum atomic E-state index is -5.08. The Morgan fingerprint density at radius 1 is 1.10 bits per heavy atom. The standard InChI is InChI=1S/C31H44F3N7O2.C2HF3O2/c1-7-27(42)39-12-10-38(11-13-39)25-16-23(30(25,4)5)24-17-26(37-29(36-24)31(32,33)34)40-9-8-22(21(3)19-40)28-20(2)18-35-41(28)14-15-43-6;3-2(4,5)1(6)7/h7,17-18,21-23,25H,1,8-16,19H2,2-6H3;(H,6,7)/t21-,22-,23?,25?;/m1./s1. The molecule has 3 fully saturated rings. The molecule has 5 rings (SSSR count). The number of piperidine rings is 1. The first-order valence-corrected chi connectivity index (χ1v) is 16.5. The number of alkyl halides is 6. The Hall–Kier alpha value is -3.73. The number of aliphatic carboxylic acids is 1. The first-order chi connectivity index (χ1) is 23.3. The second-order valence-electron chi connectivity index (χ2n) is 13.7. The molecular weight excluding hydrogens is 672 g/mol. The number of hydrogen-bond acceptors (Lipinski definition) is 8. The molecule has 50 heavy (non-hydrogen) atoms. The quantitative estimate of drug-likeness (QED) is 0.294. The topological polar surface area (TPSA) is 117 Å². The average Bonchev–Trinajstić information content (AvgIpc) is 3.41. The predicted octanol–water partition coefficient (Wildman–Crippen LogP) is 5.12. The van der Waals surface area contributed by atoms with E-state index in [0.29, 0.717) is 50.8 Å². The van der Waals surface area contributed by atoms with Gasteiger partial charge < -0.3 is 19.6 Å². The van der Waals surface area contributed by atoms with Crippen molar-refractivity contribution >= 4 is 17.7 Å². The fraction of sp³-hybridized carbons (Fsp3) is 0.667. The first kappa shape index (κ1) is 39.1. The first-order valence-electron chi connectivity index (χ1n) is 16.5. The van der Waals surface area contributed by atoms with Crippen LogP contribution in [-0.2, 0) is 27.0 Å². The van der Waals surface area contributed by atoms with Crippen LogP contribution in [0.4, 0.5) is 32.2 Å². The van der Waals surface area contributed by atoms with Crippen molar-refractivity contribution < 1.29 is 45.8 Å². The Bertz CT molecular complexity index is 1520. The third-order valence-corrected chi connectivity index (χ3v) is 10.2. The van der Waals surface area contributed by atoms with Crippen molar-refractivity contribution in [3.05, 3.63) is 47.7 Å². The summed E-state index contributed by atoms with van der Waals surface area (Å²) in [6, 6.07) is 1.99. The molecule has 2 saturated heterocycles. The summed E-state index contributed by atoms with van der Waals surface area (Å²) in [5.74, 6) is -3.23. The van der Waals surface area contributed by atoms with Gasteiger partial charge in [-0.1, -0.05) is 27.4 Å². The number of aromatic nitrogens is 4. The van der Waals surface area contributed by atoms with Gasteiger partial charge in [-0.25, -0.2) is 14.8 Å². The van der Waals surface area contributed by atoms with Gasteiger partial charge in [0, 0.05) is 76.0 Å². The van der Waals surface area contributed by atoms with Gasteiger partial charge in [0.15, 0.2) is 0 Å². The number of hydrogen-bond donors (Lipinski definition) is 1. The highest BCUT2D eigenvalue weighted by Crippen LogP contribution is 2.55. The zero-order valence-corrected chi connectivity index (χ0v) is 28.9. The fourth-order valence-electron chi connectivity index (χ4n) is 7.41. The number of piperazine rings is 1. The number of nitrogens with zero attached hydrogens (tertiary/aromatic N) is 7. The van der Waals surface area contributed by atoms with E-state index in [4.69, 9.17) is 14.6 Å². The van der Waals surface area contributed by atoms with Crippen LogP contribution in [0.1, 0.15) is 68.2 Å². The number of carbonyl (C=O) groups excluding carboxylic acids is 1. The zero-order chi connectivity index (χ0) is 37.2. The van der Waals surface area contributed by atoms with Crippen LogP contribution in [0, 0.1) is 18.3 Å². The molecule has 2 aromatic heterocycles. The molecular formula is C33H45F6N7O4. The van der Waals surface area contributed by atoms with E-state index in [1.165, 1.54) is 11.8 Å². The van der Waals surface area contributed by atoms with Gasteiger partial charge in [-0.05, 0) is 42.7 Å². The van der Waals surface area contributed by atoms with E-state index < -0.39 is 24.1 Å². The predicted molar refractivity (Wildman–Crippen MR) is 172 cm³/mol. The number of halogens is 6. The van der Waals surface area contributed by atoms with Crippen LogP contribution in [0.15, 0.2) is 24.9 Å². The molecule has 3 aliphatic rings. The maximum atomic E-state index is 14.1. The highest BCUT2D eigenvalue weighted by Gasteiger charge is 2.53. The molecule has 1 saturated carbocycles. The Morgan fingerprint density at radius 2 is 1.74 bits per heavy atom. The molecule has 11 nitrogen and oxygen atoms in total. The number of anilines is 1. The molecule has 2 unspecified atom stereocenters. The van der Waals surface area contributed by atoms with Crippen LogP contribution < -0.4 is 4.90 Å². The molecule has 4 atom stereocenters. The van der Waals surface area contributed by atoms with Crippen molar-refractivity contribution in [3.8, 4) is 0 Å². The molecule has 4 heterocycles. The summed E-state index contributed by atoms with van der Waals surface area (Å²) in [6.07, 6.45) is -4.99. The molecule has 2 aliphatic heterocycles. The van der Waals surface area contributed by atoms with E-state index in [0.717, 1.165) is 31.5 Å². The maximum absolute atomic E-state index is 14.1. The molecule has 1 N–H and O–H groups in total. The normalized spacial score (nSPS) is 24.2. The molecule has 0 bridgehead atoms. The van der Waals surface area contributed by atoms with Gasteiger partial charge >= 0.3 is 18.3 Å². The van der Waals surface area contributed by atoms with Gasteiger partial charge in [0.25, 0.3) is 0 Å². The lowest BCUT2D eigenvalue weighted by Gasteiger charge is -2.57. The zero-order valence-electron chi connectivity index (χ0n) is 28.9. The summed E-state index contributed by atoms with van der Waals surface area (Å²) < 4.78 is 81.3. The second-order valence-corrected chi connectivity index (χ2v) is 13.7. The van der Waals surface area contributed by atoms with E-state index in [9.17, 15) is 31.1 Å². The summed E-state index contributed by atoms with van der Waals surface area (Å²) in [5, 5.41) is 11.7. The number of carboxylic acids is 1. The van der Waals surface area contributed by atoms with E-state index in [-0.39, 0.29) is 35.1 Å². The number of aryl methyl sites for hydroxylation is 1. The highest BCUT2D eigenvalue weighted by molar-refractivity contribution is 5.87. The van der Waals surface area contributed by atoms with Crippen molar-refractivity contribution in [2.45, 2.75) is 77.3 Å². The van der Waals surface area contributed by atoms with Crippen LogP contribution in [0.25, 0.3) is 0 Å². The number of carboxylic acid groups (broad SMARTS) is 1. The highest BCUT2D eigenvalue weighted by atomic mass is 19.4. The second kappa shape index (κ2) is 15.3. The van der Waals surface area contributed by atoms with E-state index >= 15 is 0 Å². The number of methoxy groups -OCH3 is 1. The smallest absolute Gasteiger partial charge is 0.475 e. The summed E-state index contributed by atoms with van der Waals surface area (Å²) in [4.78, 5) is 35.2. The lowest BCUT2D eigenvalue weighted by atomic mass is 9.56. The third kappa shape index (κ3) is 8.58. The molecule has 1 amide bonds.